The summed E-state index contributed by atoms with van der Waals surface area (Å²) in [7, 11) is 0. The Balaban J connectivity index is 2.86. The molecule has 1 N–H and O–H groups in total. The van der Waals surface area contributed by atoms with Crippen LogP contribution in [-0.4, -0.2) is 16.1 Å². The summed E-state index contributed by atoms with van der Waals surface area (Å²) >= 11 is 7.17. The van der Waals surface area contributed by atoms with Gasteiger partial charge in [0.05, 0.1) is 10.3 Å². The van der Waals surface area contributed by atoms with Crippen molar-refractivity contribution in [3.8, 4) is 0 Å². The van der Waals surface area contributed by atoms with Gasteiger partial charge in [0.2, 0.25) is 0 Å². The summed E-state index contributed by atoms with van der Waals surface area (Å²) in [6.45, 7) is 0. The second kappa shape index (κ2) is 2.97. The van der Waals surface area contributed by atoms with Crippen molar-refractivity contribution in [2.75, 3.05) is 0 Å². The molecule has 0 aromatic carbocycles. The first kappa shape index (κ1) is 8.47. The molecule has 5 heteroatoms. The van der Waals surface area contributed by atoms with Crippen LogP contribution < -0.4 is 0 Å². The smallest absolute Gasteiger partial charge is 0.337 e. The van der Waals surface area contributed by atoms with Crippen LogP contribution in [0.2, 0.25) is 5.15 Å². The minimum absolute atomic E-state index is 0.195. The molecule has 0 spiro atoms. The summed E-state index contributed by atoms with van der Waals surface area (Å²) in [4.78, 5) is 14.5. The Morgan fingerprint density at radius 1 is 1.62 bits per heavy atom. The monoisotopic (exact) mass is 213 g/mol. The lowest BCUT2D eigenvalue weighted by Crippen LogP contribution is -1.97. The van der Waals surface area contributed by atoms with Crippen LogP contribution in [-0.2, 0) is 0 Å². The molecule has 0 aliphatic carbocycles. The van der Waals surface area contributed by atoms with Crippen LogP contribution in [0, 0.1) is 0 Å². The molecule has 0 saturated heterocycles. The summed E-state index contributed by atoms with van der Waals surface area (Å²) in [5.41, 5.74) is 0.195. The Bertz CT molecular complexity index is 480. The lowest BCUT2D eigenvalue weighted by Gasteiger charge is -1.97. The van der Waals surface area contributed by atoms with Gasteiger partial charge in [-0.15, -0.1) is 11.3 Å². The van der Waals surface area contributed by atoms with Crippen LogP contribution in [0.1, 0.15) is 10.4 Å². The molecule has 3 nitrogen and oxygen atoms in total. The number of aromatic carboxylic acids is 1. The molecule has 0 aliphatic heterocycles. The van der Waals surface area contributed by atoms with E-state index in [9.17, 15) is 4.79 Å². The van der Waals surface area contributed by atoms with Crippen LogP contribution >= 0.6 is 22.9 Å². The van der Waals surface area contributed by atoms with Crippen molar-refractivity contribution in [3.63, 3.8) is 0 Å². The molecular formula is C8H4ClNO2S. The van der Waals surface area contributed by atoms with Gasteiger partial charge in [-0.25, -0.2) is 9.78 Å². The fourth-order valence-corrected chi connectivity index (χ4v) is 2.18. The zero-order chi connectivity index (χ0) is 9.42. The van der Waals surface area contributed by atoms with Gasteiger partial charge in [0.15, 0.2) is 0 Å². The quantitative estimate of drug-likeness (QED) is 0.741. The molecule has 2 heterocycles. The summed E-state index contributed by atoms with van der Waals surface area (Å²) in [5.74, 6) is -0.979. The molecule has 0 aliphatic rings. The molecule has 0 amide bonds. The highest BCUT2D eigenvalue weighted by molar-refractivity contribution is 7.17. The van der Waals surface area contributed by atoms with E-state index in [0.29, 0.717) is 10.5 Å². The van der Waals surface area contributed by atoms with Gasteiger partial charge >= 0.3 is 5.97 Å². The Morgan fingerprint density at radius 2 is 2.38 bits per heavy atom. The summed E-state index contributed by atoms with van der Waals surface area (Å²) in [6.07, 6.45) is 1.28. The van der Waals surface area contributed by atoms with E-state index >= 15 is 0 Å². The number of aromatic nitrogens is 1. The third kappa shape index (κ3) is 1.28. The van der Waals surface area contributed by atoms with Gasteiger partial charge in [-0.3, -0.25) is 0 Å². The Labute approximate surface area is 82.6 Å². The standard InChI is InChI=1S/C8H4ClNO2S/c9-7-6-4(1-2-13-6)5(3-10-7)8(11)12/h1-3H,(H,11,12). The number of halogens is 1. The van der Waals surface area contributed by atoms with Crippen LogP contribution in [0.3, 0.4) is 0 Å². The number of pyridine rings is 1. The maximum absolute atomic E-state index is 10.7. The van der Waals surface area contributed by atoms with Crippen molar-refractivity contribution in [3.05, 3.63) is 28.4 Å². The molecule has 2 aromatic rings. The van der Waals surface area contributed by atoms with E-state index in [4.69, 9.17) is 16.7 Å². The van der Waals surface area contributed by atoms with Gasteiger partial charge < -0.3 is 5.11 Å². The van der Waals surface area contributed by atoms with Crippen LogP contribution in [0.15, 0.2) is 17.6 Å². The predicted octanol–water partition coefficient (Wildman–Crippen LogP) is 2.65. The number of thiophene rings is 1. The average Bonchev–Trinajstić information content (AvgIpc) is 2.53. The minimum atomic E-state index is -0.979. The molecule has 0 unspecified atom stereocenters. The normalized spacial score (nSPS) is 10.5. The fourth-order valence-electron chi connectivity index (χ4n) is 1.10. The highest BCUT2D eigenvalue weighted by Gasteiger charge is 2.11. The summed E-state index contributed by atoms with van der Waals surface area (Å²) in [5, 5.41) is 11.6. The molecule has 0 bridgehead atoms. The zero-order valence-corrected chi connectivity index (χ0v) is 7.89. The maximum atomic E-state index is 10.7. The Morgan fingerprint density at radius 3 is 3.08 bits per heavy atom. The van der Waals surface area contributed by atoms with E-state index in [1.165, 1.54) is 17.5 Å². The van der Waals surface area contributed by atoms with E-state index in [1.807, 2.05) is 0 Å². The van der Waals surface area contributed by atoms with Crippen molar-refractivity contribution in [2.24, 2.45) is 0 Å². The second-order valence-corrected chi connectivity index (χ2v) is 3.71. The first-order chi connectivity index (χ1) is 6.20. The molecule has 0 fully saturated rings. The SMILES string of the molecule is O=C(O)c1cnc(Cl)c2sccc12. The second-order valence-electron chi connectivity index (χ2n) is 2.43. The number of nitrogens with zero attached hydrogens (tertiary/aromatic N) is 1. The lowest BCUT2D eigenvalue weighted by molar-refractivity contribution is 0.0698. The number of carbonyl (C=O) groups is 1. The van der Waals surface area contributed by atoms with Crippen molar-refractivity contribution < 1.29 is 9.90 Å². The third-order valence-corrected chi connectivity index (χ3v) is 3.00. The number of hydrogen-bond acceptors (Lipinski definition) is 3. The van der Waals surface area contributed by atoms with Gasteiger partial charge in [-0.2, -0.15) is 0 Å². The minimum Gasteiger partial charge on any atom is -0.478 e. The number of hydrogen-bond donors (Lipinski definition) is 1. The maximum Gasteiger partial charge on any atom is 0.337 e. The zero-order valence-electron chi connectivity index (χ0n) is 6.32. The average molecular weight is 214 g/mol. The van der Waals surface area contributed by atoms with E-state index < -0.39 is 5.97 Å². The Kier molecular flexibility index (Phi) is 1.94. The van der Waals surface area contributed by atoms with E-state index in [1.54, 1.807) is 11.4 Å². The highest BCUT2D eigenvalue weighted by atomic mass is 35.5. The fraction of sp³-hybridized carbons (Fsp3) is 0. The topological polar surface area (TPSA) is 50.2 Å². The van der Waals surface area contributed by atoms with Crippen molar-refractivity contribution >= 4 is 39.0 Å². The third-order valence-electron chi connectivity index (χ3n) is 1.68. The van der Waals surface area contributed by atoms with Gasteiger partial charge in [-0.1, -0.05) is 11.6 Å². The molecule has 2 aromatic heterocycles. The molecule has 2 rings (SSSR count). The van der Waals surface area contributed by atoms with Crippen LogP contribution in [0.4, 0.5) is 0 Å². The number of rotatable bonds is 1. The molecule has 13 heavy (non-hydrogen) atoms. The Hall–Kier alpha value is -1.13. The molecule has 0 saturated carbocycles. The van der Waals surface area contributed by atoms with Gasteiger partial charge in [-0.05, 0) is 11.4 Å². The summed E-state index contributed by atoms with van der Waals surface area (Å²) < 4.78 is 0.724. The molecule has 0 radical (unpaired) electrons. The number of carboxylic acid groups (broad SMARTS) is 1. The van der Waals surface area contributed by atoms with Crippen LogP contribution in [0.5, 0.6) is 0 Å². The van der Waals surface area contributed by atoms with Crippen molar-refractivity contribution in [2.45, 2.75) is 0 Å². The van der Waals surface area contributed by atoms with E-state index in [-0.39, 0.29) is 5.56 Å². The lowest BCUT2D eigenvalue weighted by atomic mass is 10.2. The van der Waals surface area contributed by atoms with Crippen molar-refractivity contribution in [1.82, 2.24) is 4.98 Å². The number of carboxylic acids is 1. The van der Waals surface area contributed by atoms with Gasteiger partial charge in [0.25, 0.3) is 0 Å². The van der Waals surface area contributed by atoms with E-state index in [2.05, 4.69) is 4.98 Å². The first-order valence-electron chi connectivity index (χ1n) is 3.45. The largest absolute Gasteiger partial charge is 0.478 e. The van der Waals surface area contributed by atoms with E-state index in [0.717, 1.165) is 4.70 Å². The van der Waals surface area contributed by atoms with Crippen molar-refractivity contribution in [1.29, 1.82) is 0 Å². The molecular weight excluding hydrogens is 210 g/mol. The first-order valence-corrected chi connectivity index (χ1v) is 4.71. The van der Waals surface area contributed by atoms with Gasteiger partial charge in [0, 0.05) is 11.6 Å². The predicted molar refractivity (Wildman–Crippen MR) is 51.6 cm³/mol. The highest BCUT2D eigenvalue weighted by Crippen LogP contribution is 2.29. The molecule has 0 atom stereocenters. The molecule has 66 valence electrons. The van der Waals surface area contributed by atoms with Crippen LogP contribution in [0.25, 0.3) is 10.1 Å². The number of fused-ring (bicyclic) bond motifs is 1. The van der Waals surface area contributed by atoms with Gasteiger partial charge in [0.1, 0.15) is 5.15 Å². The summed E-state index contributed by atoms with van der Waals surface area (Å²) in [6, 6.07) is 1.73.